The third kappa shape index (κ3) is 4.79. The smallest absolute Gasteiger partial charge is 0.242 e. The molecule has 2 amide bonds. The summed E-state index contributed by atoms with van der Waals surface area (Å²) in [5.74, 6) is -0.682. The molecule has 1 fully saturated rings. The van der Waals surface area contributed by atoms with Crippen molar-refractivity contribution in [2.75, 3.05) is 31.1 Å². The van der Waals surface area contributed by atoms with Crippen LogP contribution in [0.15, 0.2) is 0 Å². The maximum absolute atomic E-state index is 11.8. The largest absolute Gasteiger partial charge is 0.346 e. The number of nitrogens with two attached hydrogens (primary N) is 1. The van der Waals surface area contributed by atoms with Gasteiger partial charge in [-0.2, -0.15) is 0 Å². The first-order valence-electron chi connectivity index (χ1n) is 6.24. The van der Waals surface area contributed by atoms with Crippen molar-refractivity contribution in [1.82, 2.24) is 10.2 Å². The van der Waals surface area contributed by atoms with Gasteiger partial charge in [-0.05, 0) is 5.92 Å². The second kappa shape index (κ2) is 6.33. The predicted octanol–water partition coefficient (Wildman–Crippen LogP) is -1.66. The van der Waals surface area contributed by atoms with Crippen molar-refractivity contribution in [1.29, 1.82) is 0 Å². The Morgan fingerprint density at radius 3 is 2.26 bits per heavy atom. The molecule has 0 bridgehead atoms. The van der Waals surface area contributed by atoms with Crippen LogP contribution >= 0.6 is 0 Å². The number of nitrogens with zero attached hydrogens (tertiary/aromatic N) is 1. The highest BCUT2D eigenvalue weighted by atomic mass is 32.2. The fraction of sp³-hybridized carbons (Fsp3) is 0.818. The number of hydrogen-bond donors (Lipinski definition) is 2. The zero-order valence-corrected chi connectivity index (χ0v) is 12.1. The van der Waals surface area contributed by atoms with Crippen LogP contribution in [0, 0.1) is 5.92 Å². The lowest BCUT2D eigenvalue weighted by Crippen LogP contribution is -2.50. The lowest BCUT2D eigenvalue weighted by Gasteiger charge is -2.27. The zero-order chi connectivity index (χ0) is 14.6. The highest BCUT2D eigenvalue weighted by Gasteiger charge is 2.25. The average Bonchev–Trinajstić information content (AvgIpc) is 2.34. The molecule has 3 N–H and O–H groups in total. The molecule has 0 saturated carbocycles. The Labute approximate surface area is 113 Å². The van der Waals surface area contributed by atoms with Crippen LogP contribution in [0.2, 0.25) is 0 Å². The maximum atomic E-state index is 11.8. The zero-order valence-electron chi connectivity index (χ0n) is 11.3. The maximum Gasteiger partial charge on any atom is 0.242 e. The van der Waals surface area contributed by atoms with Crippen molar-refractivity contribution < 1.29 is 18.0 Å². The van der Waals surface area contributed by atoms with Crippen molar-refractivity contribution in [3.05, 3.63) is 0 Å². The summed E-state index contributed by atoms with van der Waals surface area (Å²) >= 11 is 0. The van der Waals surface area contributed by atoms with Gasteiger partial charge in [-0.1, -0.05) is 13.8 Å². The summed E-state index contributed by atoms with van der Waals surface area (Å²) in [6.07, 6.45) is 0. The molecule has 0 spiro atoms. The summed E-state index contributed by atoms with van der Waals surface area (Å²) in [5, 5.41) is 2.48. The van der Waals surface area contributed by atoms with E-state index in [-0.39, 0.29) is 48.9 Å². The molecule has 19 heavy (non-hydrogen) atoms. The number of amides is 2. The minimum atomic E-state index is -3.01. The standard InChI is InChI=1S/C11H21N3O4S/c1-8(2)10(12)11(16)13-7-9(15)14-3-5-19(17,18)6-4-14/h8,10H,3-7,12H2,1-2H3,(H,13,16)/t10-/m0/s1. The van der Waals surface area contributed by atoms with E-state index in [0.29, 0.717) is 0 Å². The van der Waals surface area contributed by atoms with Gasteiger partial charge in [0.25, 0.3) is 0 Å². The van der Waals surface area contributed by atoms with Crippen molar-refractivity contribution >= 4 is 21.7 Å². The Kier molecular flexibility index (Phi) is 5.30. The van der Waals surface area contributed by atoms with Crippen LogP contribution in [-0.4, -0.2) is 62.3 Å². The molecule has 0 aromatic heterocycles. The Hall–Kier alpha value is -1.15. The van der Waals surface area contributed by atoms with Gasteiger partial charge in [-0.15, -0.1) is 0 Å². The monoisotopic (exact) mass is 291 g/mol. The first-order chi connectivity index (χ1) is 8.73. The number of carbonyl (C=O) groups excluding carboxylic acids is 2. The summed E-state index contributed by atoms with van der Waals surface area (Å²) in [7, 11) is -3.01. The van der Waals surface area contributed by atoms with Crippen LogP contribution < -0.4 is 11.1 Å². The fourth-order valence-corrected chi connectivity index (χ4v) is 2.86. The van der Waals surface area contributed by atoms with E-state index in [0.717, 1.165) is 0 Å². The number of hydrogen-bond acceptors (Lipinski definition) is 5. The molecule has 0 aromatic rings. The Morgan fingerprint density at radius 2 is 1.79 bits per heavy atom. The van der Waals surface area contributed by atoms with E-state index in [4.69, 9.17) is 5.73 Å². The molecule has 7 nitrogen and oxygen atoms in total. The lowest BCUT2D eigenvalue weighted by atomic mass is 10.1. The van der Waals surface area contributed by atoms with Gasteiger partial charge < -0.3 is 16.0 Å². The minimum Gasteiger partial charge on any atom is -0.346 e. The molecule has 8 heteroatoms. The Balaban J connectivity index is 2.38. The molecule has 0 aliphatic carbocycles. The first kappa shape index (κ1) is 15.9. The van der Waals surface area contributed by atoms with E-state index < -0.39 is 15.9 Å². The van der Waals surface area contributed by atoms with Crippen molar-refractivity contribution in [2.24, 2.45) is 11.7 Å². The van der Waals surface area contributed by atoms with E-state index in [1.54, 1.807) is 0 Å². The summed E-state index contributed by atoms with van der Waals surface area (Å²) in [6.45, 7) is 3.88. The molecular formula is C11H21N3O4S. The third-order valence-electron chi connectivity index (χ3n) is 3.13. The Bertz CT molecular complexity index is 433. The van der Waals surface area contributed by atoms with E-state index in [9.17, 15) is 18.0 Å². The van der Waals surface area contributed by atoms with Crippen LogP contribution in [0.25, 0.3) is 0 Å². The first-order valence-corrected chi connectivity index (χ1v) is 8.06. The second-order valence-corrected chi connectivity index (χ2v) is 7.32. The van der Waals surface area contributed by atoms with Gasteiger partial charge in [0.05, 0.1) is 24.1 Å². The average molecular weight is 291 g/mol. The molecule has 1 rings (SSSR count). The molecular weight excluding hydrogens is 270 g/mol. The van der Waals surface area contributed by atoms with Gasteiger partial charge in [0.15, 0.2) is 9.84 Å². The van der Waals surface area contributed by atoms with Crippen LogP contribution in [0.1, 0.15) is 13.8 Å². The van der Waals surface area contributed by atoms with Crippen LogP contribution in [-0.2, 0) is 19.4 Å². The van der Waals surface area contributed by atoms with Crippen LogP contribution in [0.4, 0.5) is 0 Å². The topological polar surface area (TPSA) is 110 Å². The summed E-state index contributed by atoms with van der Waals surface area (Å²) in [5.41, 5.74) is 5.64. The van der Waals surface area contributed by atoms with Gasteiger partial charge in [0.1, 0.15) is 0 Å². The third-order valence-corrected chi connectivity index (χ3v) is 4.74. The van der Waals surface area contributed by atoms with Gasteiger partial charge in [0, 0.05) is 13.1 Å². The van der Waals surface area contributed by atoms with E-state index >= 15 is 0 Å². The quantitative estimate of drug-likeness (QED) is 0.644. The minimum absolute atomic E-state index is 0.00442. The van der Waals surface area contributed by atoms with E-state index in [1.165, 1.54) is 4.90 Å². The molecule has 1 aliphatic rings. The molecule has 110 valence electrons. The molecule has 1 atom stereocenters. The molecule has 1 saturated heterocycles. The number of rotatable bonds is 4. The van der Waals surface area contributed by atoms with Crippen molar-refractivity contribution in [2.45, 2.75) is 19.9 Å². The highest BCUT2D eigenvalue weighted by Crippen LogP contribution is 2.04. The van der Waals surface area contributed by atoms with Gasteiger partial charge >= 0.3 is 0 Å². The van der Waals surface area contributed by atoms with Crippen LogP contribution in [0.3, 0.4) is 0 Å². The predicted molar refractivity (Wildman–Crippen MR) is 71.1 cm³/mol. The lowest BCUT2D eigenvalue weighted by molar-refractivity contribution is -0.133. The van der Waals surface area contributed by atoms with Gasteiger partial charge in [-0.25, -0.2) is 8.42 Å². The van der Waals surface area contributed by atoms with Crippen molar-refractivity contribution in [3.8, 4) is 0 Å². The molecule has 0 radical (unpaired) electrons. The molecule has 0 aromatic carbocycles. The summed E-state index contributed by atoms with van der Waals surface area (Å²) in [6, 6.07) is -0.644. The summed E-state index contributed by atoms with van der Waals surface area (Å²) in [4.78, 5) is 24.8. The normalized spacial score (nSPS) is 20.1. The number of nitrogens with one attached hydrogen (secondary N) is 1. The molecule has 1 heterocycles. The van der Waals surface area contributed by atoms with Gasteiger partial charge in [-0.3, -0.25) is 9.59 Å². The Morgan fingerprint density at radius 1 is 1.26 bits per heavy atom. The SMILES string of the molecule is CC(C)[C@H](N)C(=O)NCC(=O)N1CCS(=O)(=O)CC1. The fourth-order valence-electron chi connectivity index (χ4n) is 1.66. The molecule has 0 unspecified atom stereocenters. The van der Waals surface area contributed by atoms with Crippen molar-refractivity contribution in [3.63, 3.8) is 0 Å². The van der Waals surface area contributed by atoms with Crippen LogP contribution in [0.5, 0.6) is 0 Å². The van der Waals surface area contributed by atoms with E-state index in [1.807, 2.05) is 13.8 Å². The van der Waals surface area contributed by atoms with Gasteiger partial charge in [0.2, 0.25) is 11.8 Å². The highest BCUT2D eigenvalue weighted by molar-refractivity contribution is 7.91. The molecule has 1 aliphatic heterocycles. The number of sulfone groups is 1. The number of carbonyl (C=O) groups is 2. The second-order valence-electron chi connectivity index (χ2n) is 5.02. The van der Waals surface area contributed by atoms with E-state index in [2.05, 4.69) is 5.32 Å². The summed E-state index contributed by atoms with van der Waals surface area (Å²) < 4.78 is 22.4.